The van der Waals surface area contributed by atoms with E-state index < -0.39 is 0 Å². The molecule has 1 aromatic heterocycles. The fraction of sp³-hybridized carbons (Fsp3) is 0.0526. The summed E-state index contributed by atoms with van der Waals surface area (Å²) in [6.07, 6.45) is 1.46. The van der Waals surface area contributed by atoms with Gasteiger partial charge in [0.1, 0.15) is 11.5 Å². The van der Waals surface area contributed by atoms with Crippen molar-refractivity contribution in [3.63, 3.8) is 0 Å². The Morgan fingerprint density at radius 1 is 1.20 bits per heavy atom. The van der Waals surface area contributed by atoms with Crippen molar-refractivity contribution in [3.8, 4) is 11.3 Å². The minimum atomic E-state index is -0.271. The third kappa shape index (κ3) is 4.49. The van der Waals surface area contributed by atoms with Crippen LogP contribution in [0.4, 0.5) is 0 Å². The molecule has 0 atom stereocenters. The zero-order valence-corrected chi connectivity index (χ0v) is 16.2. The van der Waals surface area contributed by atoms with E-state index in [1.165, 1.54) is 6.21 Å². The van der Waals surface area contributed by atoms with Gasteiger partial charge in [-0.05, 0) is 71.5 Å². The minimum absolute atomic E-state index is 0.271. The highest BCUT2D eigenvalue weighted by Crippen LogP contribution is 2.26. The lowest BCUT2D eigenvalue weighted by atomic mass is 10.1. The first-order valence-electron chi connectivity index (χ1n) is 7.48. The van der Waals surface area contributed by atoms with Crippen molar-refractivity contribution in [1.82, 2.24) is 5.43 Å². The molecule has 0 radical (unpaired) electrons. The number of rotatable bonds is 4. The molecular weight excluding hydrogens is 451 g/mol. The first-order valence-corrected chi connectivity index (χ1v) is 8.94. The third-order valence-electron chi connectivity index (χ3n) is 3.53. The summed E-state index contributed by atoms with van der Waals surface area (Å²) >= 11 is 8.30. The van der Waals surface area contributed by atoms with E-state index in [0.717, 1.165) is 14.7 Å². The number of nitrogens with one attached hydrogen (secondary N) is 1. The molecule has 4 nitrogen and oxygen atoms in total. The molecule has 1 heterocycles. The Morgan fingerprint density at radius 2 is 2.04 bits per heavy atom. The summed E-state index contributed by atoms with van der Waals surface area (Å²) in [5.41, 5.74) is 4.94. The molecule has 3 aromatic rings. The van der Waals surface area contributed by atoms with E-state index in [0.29, 0.717) is 22.1 Å². The molecule has 0 spiro atoms. The Hall–Kier alpha value is -2.12. The van der Waals surface area contributed by atoms with Crippen molar-refractivity contribution in [1.29, 1.82) is 0 Å². The Morgan fingerprint density at radius 3 is 2.80 bits per heavy atom. The van der Waals surface area contributed by atoms with Crippen LogP contribution in [0.5, 0.6) is 0 Å². The lowest BCUT2D eigenvalue weighted by molar-refractivity contribution is 0.0955. The fourth-order valence-corrected chi connectivity index (χ4v) is 2.90. The highest BCUT2D eigenvalue weighted by atomic mass is 127. The molecule has 126 valence electrons. The SMILES string of the molecule is Cc1ccc(-c2ccc(/C=N\NC(=O)c3cccc(I)c3)o2)cc1Cl. The number of hydrogen-bond donors (Lipinski definition) is 1. The number of nitrogens with zero attached hydrogens (tertiary/aromatic N) is 1. The third-order valence-corrected chi connectivity index (χ3v) is 4.61. The summed E-state index contributed by atoms with van der Waals surface area (Å²) in [5.74, 6) is 0.953. The molecule has 3 rings (SSSR count). The van der Waals surface area contributed by atoms with Gasteiger partial charge in [-0.3, -0.25) is 4.79 Å². The molecule has 1 amide bonds. The maximum atomic E-state index is 12.0. The number of carbonyl (C=O) groups is 1. The quantitative estimate of drug-likeness (QED) is 0.325. The lowest BCUT2D eigenvalue weighted by Gasteiger charge is -2.01. The molecule has 0 aliphatic carbocycles. The maximum Gasteiger partial charge on any atom is 0.271 e. The second kappa shape index (κ2) is 7.84. The Bertz CT molecular complexity index is 950. The summed E-state index contributed by atoms with van der Waals surface area (Å²) in [5, 5.41) is 4.63. The number of carbonyl (C=O) groups excluding carboxylic acids is 1. The second-order valence-electron chi connectivity index (χ2n) is 5.38. The molecule has 0 fully saturated rings. The van der Waals surface area contributed by atoms with Gasteiger partial charge in [0.05, 0.1) is 6.21 Å². The van der Waals surface area contributed by atoms with Gasteiger partial charge in [-0.2, -0.15) is 5.10 Å². The zero-order valence-electron chi connectivity index (χ0n) is 13.3. The smallest absolute Gasteiger partial charge is 0.271 e. The largest absolute Gasteiger partial charge is 0.455 e. The first-order chi connectivity index (χ1) is 12.0. The number of hydrazone groups is 1. The number of benzene rings is 2. The van der Waals surface area contributed by atoms with Gasteiger partial charge in [0.2, 0.25) is 0 Å². The molecule has 0 bridgehead atoms. The van der Waals surface area contributed by atoms with Crippen LogP contribution in [0.15, 0.2) is 64.1 Å². The van der Waals surface area contributed by atoms with Crippen molar-refractivity contribution in [3.05, 3.63) is 80.1 Å². The molecule has 0 saturated carbocycles. The van der Waals surface area contributed by atoms with E-state index in [-0.39, 0.29) is 5.91 Å². The van der Waals surface area contributed by atoms with Crippen LogP contribution in [0, 0.1) is 10.5 Å². The van der Waals surface area contributed by atoms with E-state index in [4.69, 9.17) is 16.0 Å². The molecule has 0 saturated heterocycles. The highest BCUT2D eigenvalue weighted by molar-refractivity contribution is 14.1. The van der Waals surface area contributed by atoms with Crippen LogP contribution >= 0.6 is 34.2 Å². The van der Waals surface area contributed by atoms with Gasteiger partial charge in [0, 0.05) is 19.7 Å². The summed E-state index contributed by atoms with van der Waals surface area (Å²) in [6, 6.07) is 16.6. The zero-order chi connectivity index (χ0) is 17.8. The van der Waals surface area contributed by atoms with Crippen LogP contribution in [0.1, 0.15) is 21.7 Å². The maximum absolute atomic E-state index is 12.0. The standard InChI is InChI=1S/C19H14ClIN2O2/c1-12-5-6-13(10-17(12)20)18-8-7-16(25-18)11-22-23-19(24)14-3-2-4-15(21)9-14/h2-11H,1H3,(H,23,24)/b22-11-. The van der Waals surface area contributed by atoms with E-state index in [2.05, 4.69) is 33.1 Å². The number of furan rings is 1. The summed E-state index contributed by atoms with van der Waals surface area (Å²) < 4.78 is 6.70. The molecule has 25 heavy (non-hydrogen) atoms. The number of hydrogen-bond acceptors (Lipinski definition) is 3. The van der Waals surface area contributed by atoms with E-state index in [1.54, 1.807) is 18.2 Å². The van der Waals surface area contributed by atoms with Crippen LogP contribution < -0.4 is 5.43 Å². The molecular formula is C19H14ClIN2O2. The number of halogens is 2. The Balaban J connectivity index is 1.67. The summed E-state index contributed by atoms with van der Waals surface area (Å²) in [7, 11) is 0. The summed E-state index contributed by atoms with van der Waals surface area (Å²) in [4.78, 5) is 12.0. The van der Waals surface area contributed by atoms with E-state index in [1.807, 2.05) is 43.3 Å². The van der Waals surface area contributed by atoms with Crippen molar-refractivity contribution >= 4 is 46.3 Å². The average molecular weight is 465 g/mol. The highest BCUT2D eigenvalue weighted by Gasteiger charge is 2.06. The monoisotopic (exact) mass is 464 g/mol. The van der Waals surface area contributed by atoms with Gasteiger partial charge in [-0.1, -0.05) is 29.8 Å². The van der Waals surface area contributed by atoms with Crippen LogP contribution in [-0.2, 0) is 0 Å². The average Bonchev–Trinajstić information content (AvgIpc) is 3.06. The second-order valence-corrected chi connectivity index (χ2v) is 7.03. The molecule has 0 aliphatic heterocycles. The van der Waals surface area contributed by atoms with E-state index >= 15 is 0 Å². The molecule has 2 aromatic carbocycles. The van der Waals surface area contributed by atoms with Crippen molar-refractivity contribution in [2.24, 2.45) is 5.10 Å². The lowest BCUT2D eigenvalue weighted by Crippen LogP contribution is -2.17. The Labute approximate surface area is 164 Å². The minimum Gasteiger partial charge on any atom is -0.455 e. The van der Waals surface area contributed by atoms with Gasteiger partial charge >= 0.3 is 0 Å². The summed E-state index contributed by atoms with van der Waals surface area (Å²) in [6.45, 7) is 1.95. The fourth-order valence-electron chi connectivity index (χ4n) is 2.17. The number of amides is 1. The molecule has 6 heteroatoms. The van der Waals surface area contributed by atoms with Crippen LogP contribution in [0.2, 0.25) is 5.02 Å². The van der Waals surface area contributed by atoms with Crippen molar-refractivity contribution in [2.75, 3.05) is 0 Å². The predicted molar refractivity (Wildman–Crippen MR) is 108 cm³/mol. The van der Waals surface area contributed by atoms with Gasteiger partial charge < -0.3 is 4.42 Å². The topological polar surface area (TPSA) is 54.6 Å². The van der Waals surface area contributed by atoms with Crippen LogP contribution in [0.3, 0.4) is 0 Å². The molecule has 1 N–H and O–H groups in total. The van der Waals surface area contributed by atoms with Crippen LogP contribution in [0.25, 0.3) is 11.3 Å². The number of aryl methyl sites for hydroxylation is 1. The van der Waals surface area contributed by atoms with E-state index in [9.17, 15) is 4.79 Å². The van der Waals surface area contributed by atoms with Gasteiger partial charge in [0.25, 0.3) is 5.91 Å². The molecule has 0 unspecified atom stereocenters. The van der Waals surface area contributed by atoms with Gasteiger partial charge in [-0.15, -0.1) is 0 Å². The van der Waals surface area contributed by atoms with Crippen molar-refractivity contribution < 1.29 is 9.21 Å². The van der Waals surface area contributed by atoms with Crippen LogP contribution in [-0.4, -0.2) is 12.1 Å². The Kier molecular flexibility index (Phi) is 5.55. The normalized spacial score (nSPS) is 11.0. The van der Waals surface area contributed by atoms with Gasteiger partial charge in [-0.25, -0.2) is 5.43 Å². The van der Waals surface area contributed by atoms with Crippen molar-refractivity contribution in [2.45, 2.75) is 6.92 Å². The van der Waals surface area contributed by atoms with Gasteiger partial charge in [0.15, 0.2) is 0 Å². The molecule has 0 aliphatic rings. The first kappa shape index (κ1) is 17.7. The predicted octanol–water partition coefficient (Wildman–Crippen LogP) is 5.28.